The van der Waals surface area contributed by atoms with Crippen LogP contribution in [-0.2, 0) is 14.8 Å². The summed E-state index contributed by atoms with van der Waals surface area (Å²) >= 11 is 5.95. The summed E-state index contributed by atoms with van der Waals surface area (Å²) in [6.45, 7) is -0.0933. The Balaban J connectivity index is 2.01. The first kappa shape index (κ1) is 13.2. The summed E-state index contributed by atoms with van der Waals surface area (Å²) in [5.41, 5.74) is 0.747. The molecule has 0 radical (unpaired) electrons. The molecule has 1 aliphatic heterocycles. The molecule has 1 atom stereocenters. The molecule has 106 valence electrons. The second-order valence-corrected chi connectivity index (χ2v) is 6.54. The summed E-state index contributed by atoms with van der Waals surface area (Å²) in [5.74, 6) is -0.402. The third-order valence-electron chi connectivity index (χ3n) is 3.03. The highest BCUT2D eigenvalue weighted by molar-refractivity contribution is 7.89. The minimum atomic E-state index is -3.79. The highest BCUT2D eigenvalue weighted by Gasteiger charge is 2.38. The Labute approximate surface area is 118 Å². The van der Waals surface area contributed by atoms with Gasteiger partial charge < -0.3 is 4.98 Å². The van der Waals surface area contributed by atoms with Crippen LogP contribution >= 0.6 is 11.6 Å². The lowest BCUT2D eigenvalue weighted by Crippen LogP contribution is -2.32. The number of halogens is 1. The van der Waals surface area contributed by atoms with E-state index >= 15 is 0 Å². The van der Waals surface area contributed by atoms with E-state index in [-0.39, 0.29) is 24.1 Å². The number of nitrogens with one attached hydrogen (secondary N) is 1. The van der Waals surface area contributed by atoms with Gasteiger partial charge in [-0.2, -0.15) is 9.97 Å². The molecule has 3 rings (SSSR count). The van der Waals surface area contributed by atoms with Crippen molar-refractivity contribution in [1.82, 2.24) is 19.9 Å². The lowest BCUT2D eigenvalue weighted by Gasteiger charge is -2.13. The van der Waals surface area contributed by atoms with Gasteiger partial charge in [0, 0.05) is 13.0 Å². The summed E-state index contributed by atoms with van der Waals surface area (Å²) in [5, 5.41) is 4.20. The van der Waals surface area contributed by atoms with Gasteiger partial charge in [-0.1, -0.05) is 11.6 Å². The zero-order chi connectivity index (χ0) is 14.5. The van der Waals surface area contributed by atoms with Crippen molar-refractivity contribution >= 4 is 44.6 Å². The number of amides is 1. The summed E-state index contributed by atoms with van der Waals surface area (Å²) < 4.78 is 22.6. The molecule has 0 saturated carbocycles. The topological polar surface area (TPSA) is 135 Å². The highest BCUT2D eigenvalue weighted by atomic mass is 35.5. The number of aromatic nitrogens is 4. The number of fused-ring (bicyclic) bond motifs is 1. The van der Waals surface area contributed by atoms with Crippen LogP contribution in [-0.4, -0.2) is 46.1 Å². The van der Waals surface area contributed by atoms with Crippen molar-refractivity contribution in [2.45, 2.75) is 11.7 Å². The van der Waals surface area contributed by atoms with Crippen molar-refractivity contribution in [2.75, 3.05) is 11.4 Å². The lowest BCUT2D eigenvalue weighted by atomic mass is 10.4. The molecular formula is C9H9ClN6O3S. The second-order valence-electron chi connectivity index (χ2n) is 4.34. The van der Waals surface area contributed by atoms with E-state index < -0.39 is 21.2 Å². The van der Waals surface area contributed by atoms with Crippen LogP contribution in [0.2, 0.25) is 5.15 Å². The third-order valence-corrected chi connectivity index (χ3v) is 4.54. The third kappa shape index (κ3) is 2.11. The number of nitrogens with two attached hydrogens (primary N) is 1. The Bertz CT molecular complexity index is 803. The number of sulfonamides is 1. The number of aromatic amines is 1. The Morgan fingerprint density at radius 2 is 2.20 bits per heavy atom. The van der Waals surface area contributed by atoms with Crippen LogP contribution in [0.15, 0.2) is 6.33 Å². The summed E-state index contributed by atoms with van der Waals surface area (Å²) in [6, 6.07) is 0. The van der Waals surface area contributed by atoms with Crippen LogP contribution in [0.4, 0.5) is 5.95 Å². The van der Waals surface area contributed by atoms with Crippen molar-refractivity contribution in [3.05, 3.63) is 11.5 Å². The van der Waals surface area contributed by atoms with Crippen molar-refractivity contribution in [1.29, 1.82) is 0 Å². The SMILES string of the molecule is NS(=O)(=O)C1CC(=O)N(c2nc(Cl)c3[nH]cnc3n2)C1. The van der Waals surface area contributed by atoms with Gasteiger partial charge in [0.15, 0.2) is 10.8 Å². The normalized spacial score (nSPS) is 20.0. The predicted octanol–water partition coefficient (Wildman–Crippen LogP) is -0.600. The van der Waals surface area contributed by atoms with E-state index in [0.29, 0.717) is 11.2 Å². The molecule has 2 aromatic rings. The number of hydrogen-bond donors (Lipinski definition) is 2. The summed E-state index contributed by atoms with van der Waals surface area (Å²) in [4.78, 5) is 27.8. The van der Waals surface area contributed by atoms with Crippen molar-refractivity contribution in [3.63, 3.8) is 0 Å². The fraction of sp³-hybridized carbons (Fsp3) is 0.333. The number of carbonyl (C=O) groups is 1. The van der Waals surface area contributed by atoms with Crippen LogP contribution in [0.5, 0.6) is 0 Å². The first-order valence-electron chi connectivity index (χ1n) is 5.55. The molecule has 2 aromatic heterocycles. The quantitative estimate of drug-likeness (QED) is 0.710. The minimum Gasteiger partial charge on any atom is -0.341 e. The molecule has 20 heavy (non-hydrogen) atoms. The number of imidazole rings is 1. The van der Waals surface area contributed by atoms with E-state index in [4.69, 9.17) is 16.7 Å². The van der Waals surface area contributed by atoms with Gasteiger partial charge in [-0.25, -0.2) is 18.5 Å². The molecule has 9 nitrogen and oxygen atoms in total. The summed E-state index contributed by atoms with van der Waals surface area (Å²) in [7, 11) is -3.79. The Kier molecular flexibility index (Phi) is 2.88. The maximum Gasteiger partial charge on any atom is 0.235 e. The smallest absolute Gasteiger partial charge is 0.235 e. The van der Waals surface area contributed by atoms with Crippen LogP contribution < -0.4 is 10.0 Å². The number of carbonyl (C=O) groups excluding carboxylic acids is 1. The van der Waals surface area contributed by atoms with Gasteiger partial charge in [0.1, 0.15) is 10.8 Å². The lowest BCUT2D eigenvalue weighted by molar-refractivity contribution is -0.117. The van der Waals surface area contributed by atoms with Gasteiger partial charge in [-0.15, -0.1) is 0 Å². The predicted molar refractivity (Wildman–Crippen MR) is 70.6 cm³/mol. The number of hydrogen-bond acceptors (Lipinski definition) is 6. The molecule has 1 amide bonds. The van der Waals surface area contributed by atoms with E-state index in [1.54, 1.807) is 0 Å². The average Bonchev–Trinajstić information content (AvgIpc) is 2.94. The number of nitrogens with zero attached hydrogens (tertiary/aromatic N) is 4. The first-order chi connectivity index (χ1) is 9.36. The summed E-state index contributed by atoms with van der Waals surface area (Å²) in [6.07, 6.45) is 1.20. The molecule has 1 unspecified atom stereocenters. The number of rotatable bonds is 2. The zero-order valence-electron chi connectivity index (χ0n) is 9.95. The number of primary sulfonamides is 1. The monoisotopic (exact) mass is 316 g/mol. The fourth-order valence-electron chi connectivity index (χ4n) is 2.00. The van der Waals surface area contributed by atoms with Crippen molar-refractivity contribution < 1.29 is 13.2 Å². The molecule has 1 saturated heterocycles. The molecule has 11 heteroatoms. The molecule has 1 aliphatic rings. The Morgan fingerprint density at radius 1 is 1.45 bits per heavy atom. The Morgan fingerprint density at radius 3 is 2.85 bits per heavy atom. The van der Waals surface area contributed by atoms with Crippen LogP contribution in [0.3, 0.4) is 0 Å². The van der Waals surface area contributed by atoms with Gasteiger partial charge >= 0.3 is 0 Å². The molecule has 3 N–H and O–H groups in total. The molecule has 3 heterocycles. The highest BCUT2D eigenvalue weighted by Crippen LogP contribution is 2.25. The molecule has 0 spiro atoms. The van der Waals surface area contributed by atoms with Gasteiger partial charge in [-0.3, -0.25) is 9.69 Å². The van der Waals surface area contributed by atoms with Gasteiger partial charge in [0.05, 0.1) is 6.33 Å². The number of H-pyrrole nitrogens is 1. The fourth-order valence-corrected chi connectivity index (χ4v) is 2.94. The van der Waals surface area contributed by atoms with Crippen LogP contribution in [0.25, 0.3) is 11.2 Å². The first-order valence-corrected chi connectivity index (χ1v) is 7.53. The maximum absolute atomic E-state index is 11.9. The second kappa shape index (κ2) is 4.36. The molecule has 0 bridgehead atoms. The largest absolute Gasteiger partial charge is 0.341 e. The van der Waals surface area contributed by atoms with Gasteiger partial charge in [0.2, 0.25) is 21.9 Å². The number of anilines is 1. The van der Waals surface area contributed by atoms with E-state index in [1.165, 1.54) is 6.33 Å². The van der Waals surface area contributed by atoms with Crippen molar-refractivity contribution in [3.8, 4) is 0 Å². The van der Waals surface area contributed by atoms with E-state index in [1.807, 2.05) is 0 Å². The molecule has 1 fully saturated rings. The van der Waals surface area contributed by atoms with E-state index in [0.717, 1.165) is 4.90 Å². The van der Waals surface area contributed by atoms with Gasteiger partial charge in [-0.05, 0) is 0 Å². The maximum atomic E-state index is 11.9. The zero-order valence-corrected chi connectivity index (χ0v) is 11.5. The molecule has 0 aliphatic carbocycles. The minimum absolute atomic E-state index is 0.0192. The Hall–Kier alpha value is -1.78. The van der Waals surface area contributed by atoms with Crippen molar-refractivity contribution in [2.24, 2.45) is 5.14 Å². The van der Waals surface area contributed by atoms with Crippen LogP contribution in [0, 0.1) is 0 Å². The molecule has 0 aromatic carbocycles. The standard InChI is InChI=1S/C9H9ClN6O3S/c10-7-6-8(13-3-12-6)15-9(14-7)16-2-4(1-5(16)17)20(11,18)19/h3-4H,1-2H2,(H2,11,18,19)(H,12,13,14,15). The molecular weight excluding hydrogens is 308 g/mol. The average molecular weight is 317 g/mol. The van der Waals surface area contributed by atoms with Gasteiger partial charge in [0.25, 0.3) is 0 Å². The van der Waals surface area contributed by atoms with E-state index in [9.17, 15) is 13.2 Å². The van der Waals surface area contributed by atoms with E-state index in [2.05, 4.69) is 19.9 Å². The van der Waals surface area contributed by atoms with Crippen LogP contribution in [0.1, 0.15) is 6.42 Å².